The Morgan fingerprint density at radius 3 is 2.46 bits per heavy atom. The molecule has 46 heavy (non-hydrogen) atoms. The SMILES string of the molecule is COc1ccc(-c2nnn(CC(=O)N(CCc3ccc(OC)c(OC)c3)[C@H](C(=O)NC[C@H]3CCCO3)c3ccc(F)cc3)n2)cc1. The summed E-state index contributed by atoms with van der Waals surface area (Å²) in [5.41, 5.74) is 2.01. The van der Waals surface area contributed by atoms with Gasteiger partial charge in [0.15, 0.2) is 11.5 Å². The Bertz CT molecular complexity index is 1610. The van der Waals surface area contributed by atoms with Crippen molar-refractivity contribution in [2.45, 2.75) is 38.0 Å². The molecule has 0 unspecified atom stereocenters. The highest BCUT2D eigenvalue weighted by molar-refractivity contribution is 5.88. The van der Waals surface area contributed by atoms with Gasteiger partial charge in [-0.05, 0) is 84.1 Å². The Balaban J connectivity index is 1.43. The van der Waals surface area contributed by atoms with Crippen LogP contribution in [0.5, 0.6) is 17.2 Å². The molecule has 3 aromatic carbocycles. The van der Waals surface area contributed by atoms with Gasteiger partial charge in [0.1, 0.15) is 24.2 Å². The van der Waals surface area contributed by atoms with Crippen LogP contribution in [0, 0.1) is 5.82 Å². The number of aromatic nitrogens is 4. The van der Waals surface area contributed by atoms with Crippen LogP contribution in [0.25, 0.3) is 11.4 Å². The van der Waals surface area contributed by atoms with Crippen LogP contribution < -0.4 is 19.5 Å². The number of benzene rings is 3. The van der Waals surface area contributed by atoms with E-state index < -0.39 is 23.7 Å². The van der Waals surface area contributed by atoms with Crippen molar-refractivity contribution in [3.05, 3.63) is 83.7 Å². The van der Waals surface area contributed by atoms with E-state index in [1.807, 2.05) is 12.1 Å². The highest BCUT2D eigenvalue weighted by atomic mass is 19.1. The predicted octanol–water partition coefficient (Wildman–Crippen LogP) is 3.61. The molecule has 242 valence electrons. The highest BCUT2D eigenvalue weighted by Crippen LogP contribution is 2.29. The van der Waals surface area contributed by atoms with Gasteiger partial charge in [0.2, 0.25) is 17.6 Å². The fraction of sp³-hybridized carbons (Fsp3) is 0.364. The van der Waals surface area contributed by atoms with Gasteiger partial charge in [-0.25, -0.2) is 4.39 Å². The third kappa shape index (κ3) is 7.96. The lowest BCUT2D eigenvalue weighted by atomic mass is 10.0. The molecule has 1 fully saturated rings. The van der Waals surface area contributed by atoms with E-state index >= 15 is 0 Å². The molecule has 0 bridgehead atoms. The van der Waals surface area contributed by atoms with Crippen LogP contribution >= 0.6 is 0 Å². The number of tetrazole rings is 1. The second-order valence-corrected chi connectivity index (χ2v) is 10.7. The maximum absolute atomic E-state index is 14.1. The van der Waals surface area contributed by atoms with Gasteiger partial charge >= 0.3 is 0 Å². The number of ether oxygens (including phenoxy) is 4. The zero-order valence-corrected chi connectivity index (χ0v) is 26.0. The topological polar surface area (TPSA) is 130 Å². The van der Waals surface area contributed by atoms with Crippen LogP contribution in [0.15, 0.2) is 66.7 Å². The van der Waals surface area contributed by atoms with Crippen LogP contribution in [0.2, 0.25) is 0 Å². The summed E-state index contributed by atoms with van der Waals surface area (Å²) in [5.74, 6) is 0.831. The fourth-order valence-corrected chi connectivity index (χ4v) is 5.30. The first kappa shape index (κ1) is 32.4. The van der Waals surface area contributed by atoms with E-state index in [1.165, 1.54) is 34.0 Å². The molecule has 0 spiro atoms. The molecule has 2 amide bonds. The maximum Gasteiger partial charge on any atom is 0.247 e. The second-order valence-electron chi connectivity index (χ2n) is 10.7. The quantitative estimate of drug-likeness (QED) is 0.222. The third-order valence-corrected chi connectivity index (χ3v) is 7.76. The minimum absolute atomic E-state index is 0.107. The Kier molecular flexibility index (Phi) is 10.8. The van der Waals surface area contributed by atoms with Crippen molar-refractivity contribution < 1.29 is 32.9 Å². The standard InChI is InChI=1S/C33H37FN6O6/c1-43-26-13-9-24(10-14-26)32-36-38-40(37-32)21-30(41)39(17-16-22-6-15-28(44-2)29(19-22)45-3)31(23-7-11-25(34)12-8-23)33(42)35-20-27-5-4-18-46-27/h6-15,19,27,31H,4-5,16-18,20-21H2,1-3H3,(H,35,42)/t27-,31+/m1/s1. The maximum atomic E-state index is 14.1. The van der Waals surface area contributed by atoms with Gasteiger partial charge in [-0.1, -0.05) is 18.2 Å². The van der Waals surface area contributed by atoms with E-state index in [2.05, 4.69) is 20.7 Å². The van der Waals surface area contributed by atoms with E-state index in [4.69, 9.17) is 18.9 Å². The highest BCUT2D eigenvalue weighted by Gasteiger charge is 2.32. The molecule has 2 atom stereocenters. The number of rotatable bonds is 14. The monoisotopic (exact) mass is 632 g/mol. The van der Waals surface area contributed by atoms with Gasteiger partial charge in [0.05, 0.1) is 27.4 Å². The Morgan fingerprint density at radius 2 is 1.78 bits per heavy atom. The number of carbonyl (C=O) groups is 2. The lowest BCUT2D eigenvalue weighted by Crippen LogP contribution is -2.47. The number of nitrogens with one attached hydrogen (secondary N) is 1. The molecule has 0 aliphatic carbocycles. The van der Waals surface area contributed by atoms with Gasteiger partial charge in [0, 0.05) is 25.3 Å². The van der Waals surface area contributed by atoms with Gasteiger partial charge in [-0.3, -0.25) is 9.59 Å². The number of halogens is 1. The van der Waals surface area contributed by atoms with Crippen LogP contribution in [0.4, 0.5) is 4.39 Å². The summed E-state index contributed by atoms with van der Waals surface area (Å²) in [4.78, 5) is 30.6. The van der Waals surface area contributed by atoms with Gasteiger partial charge in [-0.15, -0.1) is 10.2 Å². The molecule has 0 radical (unpaired) electrons. The minimum Gasteiger partial charge on any atom is -0.497 e. The summed E-state index contributed by atoms with van der Waals surface area (Å²) >= 11 is 0. The zero-order valence-electron chi connectivity index (χ0n) is 26.0. The molecule has 4 aromatic rings. The Morgan fingerprint density at radius 1 is 1.02 bits per heavy atom. The average molecular weight is 633 g/mol. The van der Waals surface area contributed by atoms with E-state index in [9.17, 15) is 14.0 Å². The van der Waals surface area contributed by atoms with Gasteiger partial charge < -0.3 is 29.2 Å². The molecular formula is C33H37FN6O6. The fourth-order valence-electron chi connectivity index (χ4n) is 5.30. The van der Waals surface area contributed by atoms with E-state index in [-0.39, 0.29) is 19.2 Å². The Labute approximate surface area is 266 Å². The number of hydrogen-bond acceptors (Lipinski definition) is 9. The lowest BCUT2D eigenvalue weighted by molar-refractivity contribution is -0.141. The molecule has 5 rings (SSSR count). The molecule has 2 heterocycles. The van der Waals surface area contributed by atoms with Crippen molar-refractivity contribution in [1.82, 2.24) is 30.4 Å². The van der Waals surface area contributed by atoms with Crippen LogP contribution in [0.1, 0.15) is 30.0 Å². The van der Waals surface area contributed by atoms with Crippen molar-refractivity contribution in [1.29, 1.82) is 0 Å². The third-order valence-electron chi connectivity index (χ3n) is 7.76. The Hall–Kier alpha value is -5.04. The van der Waals surface area contributed by atoms with Crippen molar-refractivity contribution >= 4 is 11.8 Å². The van der Waals surface area contributed by atoms with Crippen LogP contribution in [0.3, 0.4) is 0 Å². The van der Waals surface area contributed by atoms with E-state index in [0.29, 0.717) is 53.8 Å². The molecule has 1 saturated heterocycles. The molecule has 12 nitrogen and oxygen atoms in total. The normalized spacial score (nSPS) is 14.8. The smallest absolute Gasteiger partial charge is 0.247 e. The van der Waals surface area contributed by atoms with Gasteiger partial charge in [-0.2, -0.15) is 4.80 Å². The summed E-state index contributed by atoms with van der Waals surface area (Å²) in [7, 11) is 4.68. The molecule has 1 aromatic heterocycles. The summed E-state index contributed by atoms with van der Waals surface area (Å²) in [5, 5.41) is 15.6. The molecule has 0 saturated carbocycles. The van der Waals surface area contributed by atoms with Gasteiger partial charge in [0.25, 0.3) is 0 Å². The minimum atomic E-state index is -1.07. The summed E-state index contributed by atoms with van der Waals surface area (Å²) in [6.07, 6.45) is 2.02. The number of methoxy groups -OCH3 is 3. The van der Waals surface area contributed by atoms with Crippen molar-refractivity contribution in [2.24, 2.45) is 0 Å². The summed E-state index contributed by atoms with van der Waals surface area (Å²) in [6, 6.07) is 17.1. The molecule has 13 heteroatoms. The molecule has 1 N–H and O–H groups in total. The first-order valence-corrected chi connectivity index (χ1v) is 15.0. The van der Waals surface area contributed by atoms with Crippen LogP contribution in [-0.2, 0) is 27.3 Å². The van der Waals surface area contributed by atoms with E-state index in [0.717, 1.165) is 18.4 Å². The number of amides is 2. The summed E-state index contributed by atoms with van der Waals surface area (Å²) in [6.45, 7) is 0.793. The lowest BCUT2D eigenvalue weighted by Gasteiger charge is -2.32. The number of nitrogens with zero attached hydrogens (tertiary/aromatic N) is 5. The molecular weight excluding hydrogens is 595 g/mol. The zero-order chi connectivity index (χ0) is 32.5. The second kappa shape index (κ2) is 15.3. The average Bonchev–Trinajstić information content (AvgIpc) is 3.79. The number of carbonyl (C=O) groups excluding carboxylic acids is 2. The van der Waals surface area contributed by atoms with Crippen LogP contribution in [-0.4, -0.2) is 84.1 Å². The molecule has 1 aliphatic heterocycles. The molecule has 1 aliphatic rings. The number of hydrogen-bond donors (Lipinski definition) is 1. The van der Waals surface area contributed by atoms with Crippen molar-refractivity contribution in [3.8, 4) is 28.6 Å². The van der Waals surface area contributed by atoms with Crippen molar-refractivity contribution in [2.75, 3.05) is 41.0 Å². The van der Waals surface area contributed by atoms with Crippen molar-refractivity contribution in [3.63, 3.8) is 0 Å². The van der Waals surface area contributed by atoms with E-state index in [1.54, 1.807) is 51.7 Å². The predicted molar refractivity (Wildman–Crippen MR) is 166 cm³/mol. The largest absolute Gasteiger partial charge is 0.497 e. The summed E-state index contributed by atoms with van der Waals surface area (Å²) < 4.78 is 35.7. The first-order valence-electron chi connectivity index (χ1n) is 15.0. The first-order chi connectivity index (χ1) is 22.4.